The van der Waals surface area contributed by atoms with Gasteiger partial charge in [-0.05, 0) is 38.0 Å². The zero-order chi connectivity index (χ0) is 12.8. The molecular weight excluding hydrogens is 218 g/mol. The molecule has 0 amide bonds. The summed E-state index contributed by atoms with van der Waals surface area (Å²) in [6.45, 7) is 6.27. The molecule has 1 atom stereocenters. The molecule has 0 aliphatic carbocycles. The van der Waals surface area contributed by atoms with E-state index < -0.39 is 12.0 Å². The molecule has 0 aliphatic rings. The number of anilines is 1. The molecule has 1 unspecified atom stereocenters. The number of aliphatic carboxylic acids is 1. The van der Waals surface area contributed by atoms with Gasteiger partial charge in [-0.1, -0.05) is 13.0 Å². The molecule has 0 bridgehead atoms. The number of rotatable bonds is 6. The number of carboxylic acids is 1. The lowest BCUT2D eigenvalue weighted by atomic mass is 10.1. The van der Waals surface area contributed by atoms with Crippen LogP contribution in [0.4, 0.5) is 5.69 Å². The van der Waals surface area contributed by atoms with Gasteiger partial charge in [-0.15, -0.1) is 0 Å². The summed E-state index contributed by atoms with van der Waals surface area (Å²) in [6, 6.07) is 5.10. The lowest BCUT2D eigenvalue weighted by molar-refractivity contribution is -0.137. The van der Waals surface area contributed by atoms with E-state index in [0.717, 1.165) is 11.3 Å². The van der Waals surface area contributed by atoms with E-state index in [0.29, 0.717) is 18.8 Å². The number of nitrogens with one attached hydrogen (secondary N) is 1. The number of hydrogen-bond donors (Lipinski definition) is 2. The molecule has 1 aromatic carbocycles. The summed E-state index contributed by atoms with van der Waals surface area (Å²) in [7, 11) is 0. The van der Waals surface area contributed by atoms with E-state index in [1.54, 1.807) is 0 Å². The van der Waals surface area contributed by atoms with Crippen LogP contribution in [0.25, 0.3) is 0 Å². The van der Waals surface area contributed by atoms with Crippen LogP contribution < -0.4 is 10.1 Å². The monoisotopic (exact) mass is 237 g/mol. The molecular formula is C13H19NO3. The molecule has 0 saturated heterocycles. The summed E-state index contributed by atoms with van der Waals surface area (Å²) >= 11 is 0. The highest BCUT2D eigenvalue weighted by Crippen LogP contribution is 2.26. The van der Waals surface area contributed by atoms with Crippen LogP contribution in [-0.4, -0.2) is 23.7 Å². The van der Waals surface area contributed by atoms with Gasteiger partial charge in [0, 0.05) is 0 Å². The van der Waals surface area contributed by atoms with Crippen molar-refractivity contribution in [3.63, 3.8) is 0 Å². The fraction of sp³-hybridized carbons (Fsp3) is 0.462. The lowest BCUT2D eigenvalue weighted by Gasteiger charge is -2.17. The Morgan fingerprint density at radius 3 is 2.71 bits per heavy atom. The first kappa shape index (κ1) is 13.4. The van der Waals surface area contributed by atoms with Gasteiger partial charge >= 0.3 is 5.97 Å². The third-order valence-electron chi connectivity index (χ3n) is 2.47. The minimum Gasteiger partial charge on any atom is -0.492 e. The summed E-state index contributed by atoms with van der Waals surface area (Å²) in [5.41, 5.74) is 1.81. The van der Waals surface area contributed by atoms with Gasteiger partial charge < -0.3 is 15.2 Å². The van der Waals surface area contributed by atoms with E-state index in [4.69, 9.17) is 9.84 Å². The minimum absolute atomic E-state index is 0.523. The normalized spacial score (nSPS) is 11.9. The second-order valence-corrected chi connectivity index (χ2v) is 3.88. The summed E-state index contributed by atoms with van der Waals surface area (Å²) in [6.07, 6.45) is 0.523. The summed E-state index contributed by atoms with van der Waals surface area (Å²) in [4.78, 5) is 11.0. The first-order valence-electron chi connectivity index (χ1n) is 5.81. The van der Waals surface area contributed by atoms with E-state index in [-0.39, 0.29) is 0 Å². The molecule has 0 saturated carbocycles. The van der Waals surface area contributed by atoms with E-state index in [1.807, 2.05) is 39.0 Å². The molecule has 1 aromatic rings. The molecule has 4 nitrogen and oxygen atoms in total. The van der Waals surface area contributed by atoms with Crippen LogP contribution in [-0.2, 0) is 4.79 Å². The Balaban J connectivity index is 2.92. The third-order valence-corrected chi connectivity index (χ3v) is 2.47. The largest absolute Gasteiger partial charge is 0.492 e. The van der Waals surface area contributed by atoms with Crippen LogP contribution in [0.3, 0.4) is 0 Å². The third kappa shape index (κ3) is 3.66. The van der Waals surface area contributed by atoms with Crippen molar-refractivity contribution in [3.05, 3.63) is 23.8 Å². The maximum atomic E-state index is 11.0. The minimum atomic E-state index is -0.851. The van der Waals surface area contributed by atoms with Gasteiger partial charge in [-0.3, -0.25) is 0 Å². The van der Waals surface area contributed by atoms with Crippen molar-refractivity contribution in [1.29, 1.82) is 0 Å². The van der Waals surface area contributed by atoms with Crippen molar-refractivity contribution >= 4 is 11.7 Å². The van der Waals surface area contributed by atoms with E-state index in [1.165, 1.54) is 0 Å². The van der Waals surface area contributed by atoms with Crippen molar-refractivity contribution < 1.29 is 14.6 Å². The van der Waals surface area contributed by atoms with E-state index in [9.17, 15) is 4.79 Å². The Bertz CT molecular complexity index is 390. The Morgan fingerprint density at radius 2 is 2.18 bits per heavy atom. The van der Waals surface area contributed by atoms with Gasteiger partial charge in [0.05, 0.1) is 12.3 Å². The van der Waals surface area contributed by atoms with E-state index >= 15 is 0 Å². The molecule has 1 rings (SSSR count). The molecule has 0 fully saturated rings. The highest BCUT2D eigenvalue weighted by molar-refractivity contribution is 5.78. The van der Waals surface area contributed by atoms with Gasteiger partial charge in [-0.25, -0.2) is 4.79 Å². The Kier molecular flexibility index (Phi) is 4.82. The average molecular weight is 237 g/mol. The van der Waals surface area contributed by atoms with E-state index in [2.05, 4.69) is 5.32 Å². The Hall–Kier alpha value is -1.71. The van der Waals surface area contributed by atoms with Gasteiger partial charge in [0.15, 0.2) is 0 Å². The predicted octanol–water partition coefficient (Wildman–Crippen LogP) is 2.67. The predicted molar refractivity (Wildman–Crippen MR) is 67.7 cm³/mol. The highest BCUT2D eigenvalue weighted by Gasteiger charge is 2.16. The molecule has 0 spiro atoms. The molecule has 4 heteroatoms. The fourth-order valence-electron chi connectivity index (χ4n) is 1.55. The number of hydrogen-bond acceptors (Lipinski definition) is 3. The van der Waals surface area contributed by atoms with Gasteiger partial charge in [0.25, 0.3) is 0 Å². The van der Waals surface area contributed by atoms with Crippen LogP contribution >= 0.6 is 0 Å². The Labute approximate surface area is 102 Å². The van der Waals surface area contributed by atoms with Gasteiger partial charge in [0.2, 0.25) is 0 Å². The molecule has 0 aromatic heterocycles. The molecule has 0 heterocycles. The van der Waals surface area contributed by atoms with Crippen molar-refractivity contribution in [2.24, 2.45) is 0 Å². The van der Waals surface area contributed by atoms with Crippen LogP contribution in [0.5, 0.6) is 5.75 Å². The maximum absolute atomic E-state index is 11.0. The molecule has 94 valence electrons. The van der Waals surface area contributed by atoms with Crippen LogP contribution in [0, 0.1) is 6.92 Å². The summed E-state index contributed by atoms with van der Waals surface area (Å²) < 4.78 is 5.49. The highest BCUT2D eigenvalue weighted by atomic mass is 16.5. The zero-order valence-corrected chi connectivity index (χ0v) is 10.5. The fourth-order valence-corrected chi connectivity index (χ4v) is 1.55. The van der Waals surface area contributed by atoms with Crippen LogP contribution in [0.15, 0.2) is 18.2 Å². The van der Waals surface area contributed by atoms with Crippen LogP contribution in [0.2, 0.25) is 0 Å². The first-order chi connectivity index (χ1) is 8.08. The maximum Gasteiger partial charge on any atom is 0.326 e. The van der Waals surface area contributed by atoms with Crippen molar-refractivity contribution in [2.45, 2.75) is 33.2 Å². The van der Waals surface area contributed by atoms with Gasteiger partial charge in [0.1, 0.15) is 11.8 Å². The van der Waals surface area contributed by atoms with Crippen molar-refractivity contribution in [3.8, 4) is 5.75 Å². The number of carboxylic acid groups (broad SMARTS) is 1. The number of aryl methyl sites for hydroxylation is 1. The molecule has 0 radical (unpaired) electrons. The average Bonchev–Trinajstić information content (AvgIpc) is 2.28. The standard InChI is InChI=1S/C13H19NO3/c1-4-10(13(15)16)14-11-7-6-9(3)8-12(11)17-5-2/h6-8,10,14H,4-5H2,1-3H3,(H,15,16). The van der Waals surface area contributed by atoms with Crippen molar-refractivity contribution in [1.82, 2.24) is 0 Å². The van der Waals surface area contributed by atoms with Crippen LogP contribution in [0.1, 0.15) is 25.8 Å². The second kappa shape index (κ2) is 6.13. The number of ether oxygens (including phenoxy) is 1. The quantitative estimate of drug-likeness (QED) is 0.798. The number of benzene rings is 1. The lowest BCUT2D eigenvalue weighted by Crippen LogP contribution is -2.28. The summed E-state index contributed by atoms with van der Waals surface area (Å²) in [5, 5.41) is 12.0. The zero-order valence-electron chi connectivity index (χ0n) is 10.5. The summed E-state index contributed by atoms with van der Waals surface area (Å²) in [5.74, 6) is -0.150. The molecule has 2 N–H and O–H groups in total. The SMILES string of the molecule is CCOc1cc(C)ccc1NC(CC)C(=O)O. The Morgan fingerprint density at radius 1 is 1.47 bits per heavy atom. The first-order valence-corrected chi connectivity index (χ1v) is 5.81. The van der Waals surface area contributed by atoms with Crippen molar-refractivity contribution in [2.75, 3.05) is 11.9 Å². The van der Waals surface area contributed by atoms with Gasteiger partial charge in [-0.2, -0.15) is 0 Å². The number of carbonyl (C=O) groups is 1. The smallest absolute Gasteiger partial charge is 0.326 e. The molecule has 0 aliphatic heterocycles. The topological polar surface area (TPSA) is 58.6 Å². The molecule has 17 heavy (non-hydrogen) atoms. The second-order valence-electron chi connectivity index (χ2n) is 3.88.